The standard InChI is InChI=1S/C20H26N4O2/c1-14(2)13-18(25)24-11-8-16(9-12-24)22-20(26)23-17-7-3-5-15-6-4-10-21-19(15)17/h3-7,10,14,16H,8-9,11-13H2,1-2H3,(H2,22,23,26). The molecule has 1 aliphatic rings. The number of fused-ring (bicyclic) bond motifs is 1. The molecular formula is C20H26N4O2. The molecule has 0 radical (unpaired) electrons. The normalized spacial score (nSPS) is 15.3. The molecule has 1 aromatic heterocycles. The van der Waals surface area contributed by atoms with Crippen LogP contribution >= 0.6 is 0 Å². The summed E-state index contributed by atoms with van der Waals surface area (Å²) in [6.07, 6.45) is 3.87. The van der Waals surface area contributed by atoms with Gasteiger partial charge in [0.2, 0.25) is 5.91 Å². The number of likely N-dealkylation sites (tertiary alicyclic amines) is 1. The summed E-state index contributed by atoms with van der Waals surface area (Å²) >= 11 is 0. The van der Waals surface area contributed by atoms with E-state index >= 15 is 0 Å². The van der Waals surface area contributed by atoms with Crippen LogP contribution in [-0.4, -0.2) is 41.0 Å². The third-order valence-corrected chi connectivity index (χ3v) is 4.65. The molecule has 1 aliphatic heterocycles. The molecule has 1 saturated heterocycles. The molecule has 0 spiro atoms. The zero-order valence-electron chi connectivity index (χ0n) is 15.4. The maximum Gasteiger partial charge on any atom is 0.319 e. The van der Waals surface area contributed by atoms with E-state index in [1.807, 2.05) is 35.2 Å². The Bertz CT molecular complexity index is 777. The van der Waals surface area contributed by atoms with Crippen LogP contribution in [0.25, 0.3) is 10.9 Å². The number of hydrogen-bond donors (Lipinski definition) is 2. The average molecular weight is 354 g/mol. The number of para-hydroxylation sites is 1. The molecule has 0 bridgehead atoms. The third kappa shape index (κ3) is 4.50. The summed E-state index contributed by atoms with van der Waals surface area (Å²) in [4.78, 5) is 30.7. The monoisotopic (exact) mass is 354 g/mol. The van der Waals surface area contributed by atoms with Gasteiger partial charge >= 0.3 is 6.03 Å². The number of piperidine rings is 1. The second-order valence-corrected chi connectivity index (χ2v) is 7.23. The second-order valence-electron chi connectivity index (χ2n) is 7.23. The first-order valence-electron chi connectivity index (χ1n) is 9.22. The first kappa shape index (κ1) is 18.2. The molecule has 1 aromatic carbocycles. The van der Waals surface area contributed by atoms with Gasteiger partial charge in [0.1, 0.15) is 0 Å². The summed E-state index contributed by atoms with van der Waals surface area (Å²) < 4.78 is 0. The van der Waals surface area contributed by atoms with Crippen molar-refractivity contribution in [1.82, 2.24) is 15.2 Å². The highest BCUT2D eigenvalue weighted by molar-refractivity contribution is 5.99. The molecule has 138 valence electrons. The Balaban J connectivity index is 1.52. The van der Waals surface area contributed by atoms with Gasteiger partial charge in [-0.05, 0) is 30.9 Å². The van der Waals surface area contributed by atoms with Crippen LogP contribution in [-0.2, 0) is 4.79 Å². The van der Waals surface area contributed by atoms with E-state index in [4.69, 9.17) is 0 Å². The lowest BCUT2D eigenvalue weighted by Crippen LogP contribution is -2.47. The van der Waals surface area contributed by atoms with E-state index in [0.29, 0.717) is 31.1 Å². The lowest BCUT2D eigenvalue weighted by molar-refractivity contribution is -0.133. The summed E-state index contributed by atoms with van der Waals surface area (Å²) in [6, 6.07) is 9.42. The Labute approximate surface area is 154 Å². The van der Waals surface area contributed by atoms with Crippen LogP contribution in [0.1, 0.15) is 33.1 Å². The molecule has 26 heavy (non-hydrogen) atoms. The van der Waals surface area contributed by atoms with Crippen molar-refractivity contribution >= 4 is 28.5 Å². The predicted molar refractivity (Wildman–Crippen MR) is 103 cm³/mol. The first-order valence-corrected chi connectivity index (χ1v) is 9.22. The van der Waals surface area contributed by atoms with Gasteiger partial charge in [-0.3, -0.25) is 9.78 Å². The molecule has 2 heterocycles. The van der Waals surface area contributed by atoms with Gasteiger partial charge < -0.3 is 15.5 Å². The molecule has 6 nitrogen and oxygen atoms in total. The molecule has 2 aromatic rings. The quantitative estimate of drug-likeness (QED) is 0.884. The van der Waals surface area contributed by atoms with Crippen molar-refractivity contribution in [2.45, 2.75) is 39.2 Å². The summed E-state index contributed by atoms with van der Waals surface area (Å²) in [5.41, 5.74) is 1.48. The van der Waals surface area contributed by atoms with E-state index in [1.165, 1.54) is 0 Å². The van der Waals surface area contributed by atoms with Gasteiger partial charge in [0.05, 0.1) is 11.2 Å². The lowest BCUT2D eigenvalue weighted by Gasteiger charge is -2.32. The van der Waals surface area contributed by atoms with Crippen LogP contribution in [0.4, 0.5) is 10.5 Å². The number of urea groups is 1. The molecular weight excluding hydrogens is 328 g/mol. The molecule has 0 unspecified atom stereocenters. The maximum absolute atomic E-state index is 12.4. The van der Waals surface area contributed by atoms with Crippen molar-refractivity contribution in [2.24, 2.45) is 5.92 Å². The zero-order valence-corrected chi connectivity index (χ0v) is 15.4. The number of carbonyl (C=O) groups excluding carboxylic acids is 2. The van der Waals surface area contributed by atoms with Crippen LogP contribution in [0.5, 0.6) is 0 Å². The molecule has 0 aliphatic carbocycles. The van der Waals surface area contributed by atoms with Crippen molar-refractivity contribution in [3.8, 4) is 0 Å². The Kier molecular flexibility index (Phi) is 5.71. The lowest BCUT2D eigenvalue weighted by atomic mass is 10.0. The van der Waals surface area contributed by atoms with Gasteiger partial charge in [0.15, 0.2) is 0 Å². The molecule has 3 rings (SSSR count). The predicted octanol–water partition coefficient (Wildman–Crippen LogP) is 3.39. The first-order chi connectivity index (χ1) is 12.5. The fraction of sp³-hybridized carbons (Fsp3) is 0.450. The summed E-state index contributed by atoms with van der Waals surface area (Å²) in [5.74, 6) is 0.586. The average Bonchev–Trinajstić information content (AvgIpc) is 2.62. The van der Waals surface area contributed by atoms with Crippen molar-refractivity contribution in [3.63, 3.8) is 0 Å². The smallest absolute Gasteiger partial charge is 0.319 e. The fourth-order valence-corrected chi connectivity index (χ4v) is 3.30. The van der Waals surface area contributed by atoms with Gasteiger partial charge in [-0.15, -0.1) is 0 Å². The number of nitrogens with zero attached hydrogens (tertiary/aromatic N) is 2. The molecule has 1 fully saturated rings. The second kappa shape index (κ2) is 8.17. The molecule has 3 amide bonds. The van der Waals surface area contributed by atoms with E-state index in [9.17, 15) is 9.59 Å². The highest BCUT2D eigenvalue weighted by atomic mass is 16.2. The molecule has 6 heteroatoms. The number of hydrogen-bond acceptors (Lipinski definition) is 3. The Morgan fingerprint density at radius 3 is 2.65 bits per heavy atom. The topological polar surface area (TPSA) is 74.3 Å². The van der Waals surface area contributed by atoms with E-state index < -0.39 is 0 Å². The Hall–Kier alpha value is -2.63. The van der Waals surface area contributed by atoms with Crippen LogP contribution in [0, 0.1) is 5.92 Å². The number of aromatic nitrogens is 1. The van der Waals surface area contributed by atoms with Crippen molar-refractivity contribution in [3.05, 3.63) is 36.5 Å². The summed E-state index contributed by atoms with van der Waals surface area (Å²) in [7, 11) is 0. The number of benzene rings is 1. The van der Waals surface area contributed by atoms with E-state index in [0.717, 1.165) is 23.7 Å². The van der Waals surface area contributed by atoms with Crippen LogP contribution in [0.3, 0.4) is 0 Å². The van der Waals surface area contributed by atoms with E-state index in [-0.39, 0.29) is 18.0 Å². The number of nitrogens with one attached hydrogen (secondary N) is 2. The summed E-state index contributed by atoms with van der Waals surface area (Å²) in [5, 5.41) is 6.90. The summed E-state index contributed by atoms with van der Waals surface area (Å²) in [6.45, 7) is 5.51. The van der Waals surface area contributed by atoms with Crippen molar-refractivity contribution in [2.75, 3.05) is 18.4 Å². The number of pyridine rings is 1. The minimum Gasteiger partial charge on any atom is -0.343 e. The Morgan fingerprint density at radius 2 is 1.92 bits per heavy atom. The molecule has 0 saturated carbocycles. The van der Waals surface area contributed by atoms with Crippen LogP contribution in [0.2, 0.25) is 0 Å². The molecule has 0 atom stereocenters. The van der Waals surface area contributed by atoms with Gasteiger partial charge in [-0.1, -0.05) is 32.0 Å². The van der Waals surface area contributed by atoms with Crippen molar-refractivity contribution in [1.29, 1.82) is 0 Å². The van der Waals surface area contributed by atoms with E-state index in [1.54, 1.807) is 6.20 Å². The number of carbonyl (C=O) groups is 2. The minimum atomic E-state index is -0.227. The number of rotatable bonds is 4. The van der Waals surface area contributed by atoms with Crippen LogP contribution in [0.15, 0.2) is 36.5 Å². The third-order valence-electron chi connectivity index (χ3n) is 4.65. The largest absolute Gasteiger partial charge is 0.343 e. The molecule has 2 N–H and O–H groups in total. The number of amides is 3. The van der Waals surface area contributed by atoms with Crippen LogP contribution < -0.4 is 10.6 Å². The van der Waals surface area contributed by atoms with Crippen molar-refractivity contribution < 1.29 is 9.59 Å². The fourth-order valence-electron chi connectivity index (χ4n) is 3.30. The minimum absolute atomic E-state index is 0.0843. The Morgan fingerprint density at radius 1 is 1.19 bits per heavy atom. The van der Waals surface area contributed by atoms with Gasteiger partial charge in [0.25, 0.3) is 0 Å². The van der Waals surface area contributed by atoms with Gasteiger partial charge in [-0.25, -0.2) is 4.79 Å². The van der Waals surface area contributed by atoms with Gasteiger partial charge in [0, 0.05) is 37.1 Å². The van der Waals surface area contributed by atoms with E-state index in [2.05, 4.69) is 29.5 Å². The SMILES string of the molecule is CC(C)CC(=O)N1CCC(NC(=O)Nc2cccc3cccnc23)CC1. The highest BCUT2D eigenvalue weighted by Gasteiger charge is 2.24. The highest BCUT2D eigenvalue weighted by Crippen LogP contribution is 2.20. The number of anilines is 1. The maximum atomic E-state index is 12.4. The zero-order chi connectivity index (χ0) is 18.5. The van der Waals surface area contributed by atoms with Gasteiger partial charge in [-0.2, -0.15) is 0 Å².